The Kier molecular flexibility index (Phi) is 5.03. The van der Waals surface area contributed by atoms with Crippen molar-refractivity contribution in [3.63, 3.8) is 0 Å². The SMILES string of the molecule is OCCC1(CNc2ccc(C(F)(F)F)nn2)CCCCC1. The van der Waals surface area contributed by atoms with Crippen LogP contribution in [-0.4, -0.2) is 28.5 Å². The van der Waals surface area contributed by atoms with Gasteiger partial charge in [0.15, 0.2) is 5.69 Å². The first kappa shape index (κ1) is 16.0. The van der Waals surface area contributed by atoms with Crippen LogP contribution in [0.3, 0.4) is 0 Å². The second-order valence-corrected chi connectivity index (χ2v) is 5.69. The Morgan fingerprint density at radius 3 is 2.38 bits per heavy atom. The normalized spacial score (nSPS) is 18.5. The van der Waals surface area contributed by atoms with Crippen LogP contribution in [-0.2, 0) is 6.18 Å². The number of aliphatic hydroxyl groups excluding tert-OH is 1. The molecule has 1 aliphatic carbocycles. The molecule has 2 N–H and O–H groups in total. The Bertz CT molecular complexity index is 436. The van der Waals surface area contributed by atoms with Gasteiger partial charge in [-0.1, -0.05) is 19.3 Å². The molecule has 0 atom stereocenters. The third-order valence-corrected chi connectivity index (χ3v) is 4.16. The van der Waals surface area contributed by atoms with Crippen LogP contribution in [0.2, 0.25) is 0 Å². The summed E-state index contributed by atoms with van der Waals surface area (Å²) >= 11 is 0. The first-order chi connectivity index (χ1) is 9.95. The van der Waals surface area contributed by atoms with E-state index in [0.29, 0.717) is 18.8 Å². The molecule has 0 saturated heterocycles. The van der Waals surface area contributed by atoms with Crippen LogP contribution in [0.5, 0.6) is 0 Å². The predicted molar refractivity (Wildman–Crippen MR) is 72.7 cm³/mol. The van der Waals surface area contributed by atoms with E-state index in [4.69, 9.17) is 0 Å². The van der Waals surface area contributed by atoms with Crippen molar-refractivity contribution in [3.8, 4) is 0 Å². The molecule has 1 aromatic heterocycles. The number of anilines is 1. The van der Waals surface area contributed by atoms with Crippen LogP contribution in [0.25, 0.3) is 0 Å². The average Bonchev–Trinajstić information content (AvgIpc) is 2.46. The van der Waals surface area contributed by atoms with Crippen molar-refractivity contribution in [2.24, 2.45) is 5.41 Å². The molecule has 1 aromatic rings. The number of aliphatic hydroxyl groups is 1. The quantitative estimate of drug-likeness (QED) is 0.876. The summed E-state index contributed by atoms with van der Waals surface area (Å²) in [6.07, 6.45) is 1.73. The summed E-state index contributed by atoms with van der Waals surface area (Å²) < 4.78 is 37.2. The zero-order valence-electron chi connectivity index (χ0n) is 11.8. The lowest BCUT2D eigenvalue weighted by molar-refractivity contribution is -0.141. The fourth-order valence-electron chi connectivity index (χ4n) is 2.91. The first-order valence-corrected chi connectivity index (χ1v) is 7.21. The van der Waals surface area contributed by atoms with E-state index in [1.807, 2.05) is 0 Å². The number of hydrogen-bond acceptors (Lipinski definition) is 4. The molecule has 1 saturated carbocycles. The van der Waals surface area contributed by atoms with Gasteiger partial charge in [-0.2, -0.15) is 13.2 Å². The highest BCUT2D eigenvalue weighted by atomic mass is 19.4. The topological polar surface area (TPSA) is 58.0 Å². The number of nitrogens with one attached hydrogen (secondary N) is 1. The molecule has 0 amide bonds. The van der Waals surface area contributed by atoms with Crippen LogP contribution in [0.4, 0.5) is 19.0 Å². The molecule has 1 heterocycles. The smallest absolute Gasteiger partial charge is 0.396 e. The van der Waals surface area contributed by atoms with Gasteiger partial charge in [0.25, 0.3) is 0 Å². The summed E-state index contributed by atoms with van der Waals surface area (Å²) in [6.45, 7) is 0.730. The Hall–Kier alpha value is -1.37. The van der Waals surface area contributed by atoms with E-state index in [0.717, 1.165) is 31.7 Å². The molecule has 21 heavy (non-hydrogen) atoms. The Balaban J connectivity index is 1.97. The Morgan fingerprint density at radius 2 is 1.86 bits per heavy atom. The zero-order valence-corrected chi connectivity index (χ0v) is 11.8. The fraction of sp³-hybridized carbons (Fsp3) is 0.714. The van der Waals surface area contributed by atoms with Crippen molar-refractivity contribution in [3.05, 3.63) is 17.8 Å². The standard InChI is InChI=1S/C14H20F3N3O/c15-14(16,17)11-4-5-12(20-19-11)18-10-13(8-9-21)6-2-1-3-7-13/h4-5,21H,1-3,6-10H2,(H,18,20). The lowest BCUT2D eigenvalue weighted by Gasteiger charge is -2.37. The Labute approximate surface area is 121 Å². The van der Waals surface area contributed by atoms with Crippen molar-refractivity contribution >= 4 is 5.82 Å². The van der Waals surface area contributed by atoms with Crippen molar-refractivity contribution in [1.29, 1.82) is 0 Å². The van der Waals surface area contributed by atoms with Gasteiger partial charge in [-0.15, -0.1) is 10.2 Å². The van der Waals surface area contributed by atoms with Crippen LogP contribution in [0.1, 0.15) is 44.2 Å². The lowest BCUT2D eigenvalue weighted by Crippen LogP contribution is -2.33. The maximum absolute atomic E-state index is 12.4. The minimum Gasteiger partial charge on any atom is -0.396 e. The van der Waals surface area contributed by atoms with Gasteiger partial charge in [0, 0.05) is 13.2 Å². The molecular formula is C14H20F3N3O. The maximum Gasteiger partial charge on any atom is 0.435 e. The molecule has 4 nitrogen and oxygen atoms in total. The van der Waals surface area contributed by atoms with Gasteiger partial charge in [0.1, 0.15) is 5.82 Å². The van der Waals surface area contributed by atoms with Gasteiger partial charge >= 0.3 is 6.18 Å². The largest absolute Gasteiger partial charge is 0.435 e. The van der Waals surface area contributed by atoms with E-state index in [2.05, 4.69) is 15.5 Å². The van der Waals surface area contributed by atoms with Gasteiger partial charge in [0.2, 0.25) is 0 Å². The van der Waals surface area contributed by atoms with Gasteiger partial charge < -0.3 is 10.4 Å². The number of hydrogen-bond donors (Lipinski definition) is 2. The highest BCUT2D eigenvalue weighted by molar-refractivity contribution is 5.33. The number of aromatic nitrogens is 2. The van der Waals surface area contributed by atoms with E-state index in [1.54, 1.807) is 0 Å². The van der Waals surface area contributed by atoms with Gasteiger partial charge in [0.05, 0.1) is 0 Å². The molecule has 118 valence electrons. The van der Waals surface area contributed by atoms with Crippen LogP contribution < -0.4 is 5.32 Å². The summed E-state index contributed by atoms with van der Waals surface area (Å²) in [5.41, 5.74) is -0.979. The van der Waals surface area contributed by atoms with E-state index < -0.39 is 11.9 Å². The molecular weight excluding hydrogens is 283 g/mol. The molecule has 0 spiro atoms. The minimum absolute atomic E-state index is 0.0113. The molecule has 1 fully saturated rings. The third-order valence-electron chi connectivity index (χ3n) is 4.16. The van der Waals surface area contributed by atoms with Crippen molar-refractivity contribution < 1.29 is 18.3 Å². The predicted octanol–water partition coefficient (Wildman–Crippen LogP) is 3.24. The fourth-order valence-corrected chi connectivity index (χ4v) is 2.91. The number of rotatable bonds is 5. The van der Waals surface area contributed by atoms with Crippen molar-refractivity contribution in [2.75, 3.05) is 18.5 Å². The summed E-state index contributed by atoms with van der Waals surface area (Å²) in [5, 5.41) is 19.1. The number of halogens is 3. The highest BCUT2D eigenvalue weighted by Crippen LogP contribution is 2.39. The van der Waals surface area contributed by atoms with Crippen LogP contribution in [0, 0.1) is 5.41 Å². The van der Waals surface area contributed by atoms with Gasteiger partial charge in [-0.3, -0.25) is 0 Å². The molecule has 0 aliphatic heterocycles. The molecule has 7 heteroatoms. The van der Waals surface area contributed by atoms with Crippen LogP contribution in [0.15, 0.2) is 12.1 Å². The molecule has 1 aliphatic rings. The zero-order chi connectivity index (χ0) is 15.3. The average molecular weight is 303 g/mol. The lowest BCUT2D eigenvalue weighted by atomic mass is 9.72. The summed E-state index contributed by atoms with van der Waals surface area (Å²) in [6, 6.07) is 2.22. The molecule has 0 bridgehead atoms. The third kappa shape index (κ3) is 4.30. The second kappa shape index (κ2) is 6.60. The van der Waals surface area contributed by atoms with E-state index in [1.165, 1.54) is 12.5 Å². The van der Waals surface area contributed by atoms with Crippen LogP contribution >= 0.6 is 0 Å². The van der Waals surface area contributed by atoms with E-state index >= 15 is 0 Å². The molecule has 0 radical (unpaired) electrons. The van der Waals surface area contributed by atoms with E-state index in [-0.39, 0.29) is 12.0 Å². The van der Waals surface area contributed by atoms with Crippen molar-refractivity contribution in [1.82, 2.24) is 10.2 Å². The minimum atomic E-state index is -4.47. The summed E-state index contributed by atoms with van der Waals surface area (Å²) in [5.74, 6) is 0.339. The van der Waals surface area contributed by atoms with E-state index in [9.17, 15) is 18.3 Å². The van der Waals surface area contributed by atoms with Crippen molar-refractivity contribution in [2.45, 2.75) is 44.7 Å². The monoisotopic (exact) mass is 303 g/mol. The van der Waals surface area contributed by atoms with Gasteiger partial charge in [-0.05, 0) is 36.8 Å². The number of nitrogens with zero attached hydrogens (tertiary/aromatic N) is 2. The molecule has 2 rings (SSSR count). The highest BCUT2D eigenvalue weighted by Gasteiger charge is 2.33. The summed E-state index contributed by atoms with van der Waals surface area (Å²) in [7, 11) is 0. The first-order valence-electron chi connectivity index (χ1n) is 7.21. The second-order valence-electron chi connectivity index (χ2n) is 5.69. The summed E-state index contributed by atoms with van der Waals surface area (Å²) in [4.78, 5) is 0. The number of alkyl halides is 3. The van der Waals surface area contributed by atoms with Gasteiger partial charge in [-0.25, -0.2) is 0 Å². The molecule has 0 aromatic carbocycles. The maximum atomic E-state index is 12.4. The Morgan fingerprint density at radius 1 is 1.14 bits per heavy atom. The molecule has 0 unspecified atom stereocenters.